The zero-order chi connectivity index (χ0) is 19.1. The number of carbonyl (C=O) groups excluding carboxylic acids is 2. The van der Waals surface area contributed by atoms with Crippen molar-refractivity contribution in [3.8, 4) is 0 Å². The van der Waals surface area contributed by atoms with E-state index in [0.717, 1.165) is 31.5 Å². The monoisotopic (exact) mass is 369 g/mol. The first-order valence-corrected chi connectivity index (χ1v) is 9.49. The number of carbonyl (C=O) groups is 2. The molecule has 6 nitrogen and oxygen atoms in total. The Morgan fingerprint density at radius 3 is 2.56 bits per heavy atom. The number of amides is 2. The highest BCUT2D eigenvalue weighted by molar-refractivity contribution is 5.85. The molecule has 1 aromatic heterocycles. The van der Waals surface area contributed by atoms with Crippen LogP contribution in [0.15, 0.2) is 53.1 Å². The second-order valence-corrected chi connectivity index (χ2v) is 7.09. The average molecular weight is 369 g/mol. The lowest BCUT2D eigenvalue weighted by Gasteiger charge is -2.33. The van der Waals surface area contributed by atoms with Gasteiger partial charge in [0.05, 0.1) is 19.4 Å². The zero-order valence-corrected chi connectivity index (χ0v) is 15.7. The third-order valence-corrected chi connectivity index (χ3v) is 4.98. The first-order valence-electron chi connectivity index (χ1n) is 9.49. The van der Waals surface area contributed by atoms with E-state index >= 15 is 0 Å². The fraction of sp³-hybridized carbons (Fsp3) is 0.429. The second kappa shape index (κ2) is 9.37. The molecule has 0 unspecified atom stereocenters. The summed E-state index contributed by atoms with van der Waals surface area (Å²) in [6.07, 6.45) is 3.62. The van der Waals surface area contributed by atoms with E-state index in [2.05, 4.69) is 17.6 Å². The lowest BCUT2D eigenvalue weighted by molar-refractivity contribution is -0.135. The Morgan fingerprint density at radius 1 is 1.15 bits per heavy atom. The average Bonchev–Trinajstić information content (AvgIpc) is 3.21. The maximum Gasteiger partial charge on any atom is 0.244 e. The van der Waals surface area contributed by atoms with Crippen LogP contribution in [0.25, 0.3) is 0 Å². The lowest BCUT2D eigenvalue weighted by Crippen LogP contribution is -2.46. The fourth-order valence-corrected chi connectivity index (χ4v) is 3.26. The number of rotatable bonds is 7. The molecule has 0 bridgehead atoms. The van der Waals surface area contributed by atoms with Crippen molar-refractivity contribution in [3.63, 3.8) is 0 Å². The van der Waals surface area contributed by atoms with Crippen molar-refractivity contribution in [1.29, 1.82) is 0 Å². The molecule has 0 aliphatic carbocycles. The molecule has 1 aromatic carbocycles. The number of benzene rings is 1. The minimum atomic E-state index is -0.519. The summed E-state index contributed by atoms with van der Waals surface area (Å²) in [5.41, 5.74) is 0.875. The van der Waals surface area contributed by atoms with Gasteiger partial charge in [-0.15, -0.1) is 0 Å². The summed E-state index contributed by atoms with van der Waals surface area (Å²) in [5.74, 6) is 1.21. The molecule has 27 heavy (non-hydrogen) atoms. The molecule has 2 N–H and O–H groups in total. The van der Waals surface area contributed by atoms with Gasteiger partial charge >= 0.3 is 0 Å². The van der Waals surface area contributed by atoms with Crippen molar-refractivity contribution in [1.82, 2.24) is 15.5 Å². The fourth-order valence-electron chi connectivity index (χ4n) is 3.26. The summed E-state index contributed by atoms with van der Waals surface area (Å²) in [5, 5.41) is 5.94. The predicted octanol–water partition coefficient (Wildman–Crippen LogP) is 2.49. The van der Waals surface area contributed by atoms with Crippen LogP contribution in [-0.2, 0) is 16.1 Å². The molecule has 0 spiro atoms. The van der Waals surface area contributed by atoms with Gasteiger partial charge in [0.2, 0.25) is 11.8 Å². The maximum atomic E-state index is 13.1. The highest BCUT2D eigenvalue weighted by Crippen LogP contribution is 2.21. The van der Waals surface area contributed by atoms with Crippen molar-refractivity contribution >= 4 is 11.8 Å². The molecule has 144 valence electrons. The van der Waals surface area contributed by atoms with Gasteiger partial charge in [-0.05, 0) is 36.5 Å². The number of piperidine rings is 1. The third kappa shape index (κ3) is 5.44. The molecule has 0 radical (unpaired) electrons. The van der Waals surface area contributed by atoms with Crippen LogP contribution in [0.5, 0.6) is 0 Å². The van der Waals surface area contributed by atoms with E-state index in [1.165, 1.54) is 0 Å². The van der Waals surface area contributed by atoms with Crippen LogP contribution in [0, 0.1) is 5.92 Å². The predicted molar refractivity (Wildman–Crippen MR) is 103 cm³/mol. The largest absolute Gasteiger partial charge is 0.467 e. The number of furan rings is 1. The standard InChI is InChI=1S/C21H27N3O3/c1-16-9-11-24(12-10-16)21(26)20(17-6-3-2-4-7-17)23-15-19(25)22-14-18-8-5-13-27-18/h2-8,13,16,20,23H,9-12,14-15H2,1H3,(H,22,25)/t20-/m1/s1. The van der Waals surface area contributed by atoms with Gasteiger partial charge in [0.1, 0.15) is 11.8 Å². The van der Waals surface area contributed by atoms with Gasteiger partial charge in [-0.1, -0.05) is 37.3 Å². The topological polar surface area (TPSA) is 74.6 Å². The summed E-state index contributed by atoms with van der Waals surface area (Å²) in [6, 6.07) is 12.6. The van der Waals surface area contributed by atoms with Crippen molar-refractivity contribution in [2.75, 3.05) is 19.6 Å². The van der Waals surface area contributed by atoms with Crippen molar-refractivity contribution in [2.45, 2.75) is 32.4 Å². The Labute approximate surface area is 159 Å². The lowest BCUT2D eigenvalue weighted by atomic mass is 9.97. The van der Waals surface area contributed by atoms with Crippen molar-refractivity contribution in [3.05, 3.63) is 60.1 Å². The quantitative estimate of drug-likeness (QED) is 0.786. The molecule has 1 saturated heterocycles. The summed E-state index contributed by atoms with van der Waals surface area (Å²) in [7, 11) is 0. The Bertz CT molecular complexity index is 722. The van der Waals surface area contributed by atoms with Crippen LogP contribution < -0.4 is 10.6 Å². The minimum absolute atomic E-state index is 0.0342. The highest BCUT2D eigenvalue weighted by Gasteiger charge is 2.28. The van der Waals surface area contributed by atoms with E-state index < -0.39 is 6.04 Å². The van der Waals surface area contributed by atoms with Crippen LogP contribution in [0.2, 0.25) is 0 Å². The molecular formula is C21H27N3O3. The van der Waals surface area contributed by atoms with Crippen LogP contribution >= 0.6 is 0 Å². The summed E-state index contributed by atoms with van der Waals surface area (Å²) in [4.78, 5) is 27.2. The zero-order valence-electron chi connectivity index (χ0n) is 15.7. The number of hydrogen-bond acceptors (Lipinski definition) is 4. The van der Waals surface area contributed by atoms with Gasteiger partial charge in [-0.25, -0.2) is 0 Å². The molecule has 2 aromatic rings. The molecule has 1 aliphatic rings. The molecule has 1 atom stereocenters. The van der Waals surface area contributed by atoms with Crippen molar-refractivity contribution < 1.29 is 14.0 Å². The summed E-state index contributed by atoms with van der Waals surface area (Å²) < 4.78 is 5.21. The third-order valence-electron chi connectivity index (χ3n) is 4.98. The Balaban J connectivity index is 1.60. The van der Waals surface area contributed by atoms with Gasteiger partial charge in [-0.3, -0.25) is 14.9 Å². The molecular weight excluding hydrogens is 342 g/mol. The smallest absolute Gasteiger partial charge is 0.244 e. The molecule has 0 saturated carbocycles. The van der Waals surface area contributed by atoms with Crippen LogP contribution in [-0.4, -0.2) is 36.3 Å². The number of likely N-dealkylation sites (tertiary alicyclic amines) is 1. The minimum Gasteiger partial charge on any atom is -0.467 e. The number of nitrogens with one attached hydrogen (secondary N) is 2. The molecule has 2 heterocycles. The molecule has 2 amide bonds. The van der Waals surface area contributed by atoms with Gasteiger partial charge in [-0.2, -0.15) is 0 Å². The van der Waals surface area contributed by atoms with Crippen LogP contribution in [0.1, 0.15) is 37.1 Å². The first kappa shape index (κ1) is 19.2. The van der Waals surface area contributed by atoms with E-state index in [1.807, 2.05) is 35.2 Å². The molecule has 3 rings (SSSR count). The van der Waals surface area contributed by atoms with E-state index in [4.69, 9.17) is 4.42 Å². The van der Waals surface area contributed by atoms with Gasteiger partial charge in [0.25, 0.3) is 0 Å². The first-order chi connectivity index (χ1) is 13.1. The molecule has 1 aliphatic heterocycles. The molecule has 6 heteroatoms. The van der Waals surface area contributed by atoms with E-state index in [1.54, 1.807) is 18.4 Å². The van der Waals surface area contributed by atoms with Gasteiger partial charge < -0.3 is 14.6 Å². The van der Waals surface area contributed by atoms with Crippen LogP contribution in [0.4, 0.5) is 0 Å². The van der Waals surface area contributed by atoms with E-state index in [9.17, 15) is 9.59 Å². The van der Waals surface area contributed by atoms with E-state index in [-0.39, 0.29) is 18.4 Å². The Kier molecular flexibility index (Phi) is 6.65. The Morgan fingerprint density at radius 2 is 1.89 bits per heavy atom. The van der Waals surface area contributed by atoms with Gasteiger partial charge in [0.15, 0.2) is 0 Å². The second-order valence-electron chi connectivity index (χ2n) is 7.09. The summed E-state index contributed by atoms with van der Waals surface area (Å²) in [6.45, 7) is 4.17. The Hall–Kier alpha value is -2.60. The maximum absolute atomic E-state index is 13.1. The highest BCUT2D eigenvalue weighted by atomic mass is 16.3. The van der Waals surface area contributed by atoms with Crippen LogP contribution in [0.3, 0.4) is 0 Å². The van der Waals surface area contributed by atoms with Gasteiger partial charge in [0, 0.05) is 13.1 Å². The number of hydrogen-bond donors (Lipinski definition) is 2. The van der Waals surface area contributed by atoms with Crippen molar-refractivity contribution in [2.24, 2.45) is 5.92 Å². The molecule has 1 fully saturated rings. The van der Waals surface area contributed by atoms with E-state index in [0.29, 0.717) is 18.2 Å². The SMILES string of the molecule is CC1CCN(C(=O)[C@H](NCC(=O)NCc2ccco2)c2ccccc2)CC1. The normalized spacial score (nSPS) is 16.1. The summed E-state index contributed by atoms with van der Waals surface area (Å²) >= 11 is 0. The number of nitrogens with zero attached hydrogens (tertiary/aromatic N) is 1.